The Morgan fingerprint density at radius 2 is 1.83 bits per heavy atom. The van der Waals surface area contributed by atoms with Gasteiger partial charge in [0.05, 0.1) is 13.5 Å². The number of methoxy groups -OCH3 is 1. The molecule has 0 fully saturated rings. The summed E-state index contributed by atoms with van der Waals surface area (Å²) in [5.41, 5.74) is 0.214. The van der Waals surface area contributed by atoms with Crippen molar-refractivity contribution in [3.63, 3.8) is 0 Å². The number of allylic oxidation sites excluding steroid dienone is 1. The van der Waals surface area contributed by atoms with Gasteiger partial charge in [-0.3, -0.25) is 9.59 Å². The maximum absolute atomic E-state index is 13.5. The Hall–Kier alpha value is -3.02. The highest BCUT2D eigenvalue weighted by molar-refractivity contribution is 6.07. The average molecular weight is 332 g/mol. The number of carbonyl (C=O) groups excluding carboxylic acids is 1. The van der Waals surface area contributed by atoms with E-state index in [9.17, 15) is 18.4 Å². The Balaban J connectivity index is 2.29. The van der Waals surface area contributed by atoms with Gasteiger partial charge in [0.25, 0.3) is 0 Å². The van der Waals surface area contributed by atoms with E-state index in [2.05, 4.69) is 0 Å². The molecule has 4 nitrogen and oxygen atoms in total. The minimum Gasteiger partial charge on any atom is -0.496 e. The summed E-state index contributed by atoms with van der Waals surface area (Å²) in [5, 5.41) is 8.89. The number of carboxylic acid groups (broad SMARTS) is 1. The molecule has 0 heterocycles. The number of ketones is 1. The lowest BCUT2D eigenvalue weighted by Crippen LogP contribution is -2.04. The van der Waals surface area contributed by atoms with Gasteiger partial charge in [-0.25, -0.2) is 8.78 Å². The largest absolute Gasteiger partial charge is 0.496 e. The summed E-state index contributed by atoms with van der Waals surface area (Å²) in [6.07, 6.45) is 1.78. The van der Waals surface area contributed by atoms with Gasteiger partial charge in [0, 0.05) is 16.7 Å². The maximum Gasteiger partial charge on any atom is 0.307 e. The number of benzene rings is 2. The number of ether oxygens (including phenoxy) is 1. The quantitative estimate of drug-likeness (QED) is 0.650. The third kappa shape index (κ3) is 4.04. The van der Waals surface area contributed by atoms with E-state index in [1.807, 2.05) is 0 Å². The van der Waals surface area contributed by atoms with Crippen molar-refractivity contribution in [3.05, 3.63) is 70.8 Å². The molecule has 0 aliphatic heterocycles. The monoisotopic (exact) mass is 332 g/mol. The van der Waals surface area contributed by atoms with Gasteiger partial charge in [-0.1, -0.05) is 6.07 Å². The fourth-order valence-electron chi connectivity index (χ4n) is 2.16. The molecule has 0 bridgehead atoms. The Morgan fingerprint density at radius 3 is 2.42 bits per heavy atom. The number of rotatable bonds is 6. The van der Waals surface area contributed by atoms with Crippen molar-refractivity contribution in [1.82, 2.24) is 0 Å². The minimum atomic E-state index is -1.07. The first-order valence-electron chi connectivity index (χ1n) is 6.97. The van der Waals surface area contributed by atoms with Crippen molar-refractivity contribution >= 4 is 17.8 Å². The van der Waals surface area contributed by atoms with Gasteiger partial charge < -0.3 is 9.84 Å². The van der Waals surface area contributed by atoms with Crippen molar-refractivity contribution in [3.8, 4) is 5.75 Å². The average Bonchev–Trinajstić information content (AvgIpc) is 2.53. The van der Waals surface area contributed by atoms with Crippen molar-refractivity contribution in [2.45, 2.75) is 6.42 Å². The van der Waals surface area contributed by atoms with E-state index in [0.29, 0.717) is 11.3 Å². The van der Waals surface area contributed by atoms with E-state index in [1.54, 1.807) is 0 Å². The Kier molecular flexibility index (Phi) is 5.42. The van der Waals surface area contributed by atoms with Crippen LogP contribution < -0.4 is 4.74 Å². The highest BCUT2D eigenvalue weighted by Gasteiger charge is 2.12. The van der Waals surface area contributed by atoms with Gasteiger partial charge in [-0.2, -0.15) is 0 Å². The van der Waals surface area contributed by atoms with Crippen LogP contribution in [0.1, 0.15) is 21.5 Å². The topological polar surface area (TPSA) is 63.6 Å². The van der Waals surface area contributed by atoms with E-state index in [0.717, 1.165) is 24.3 Å². The van der Waals surface area contributed by atoms with E-state index < -0.39 is 23.4 Å². The van der Waals surface area contributed by atoms with E-state index in [1.165, 1.54) is 31.4 Å². The van der Waals surface area contributed by atoms with E-state index in [4.69, 9.17) is 9.84 Å². The Labute approximate surface area is 137 Å². The van der Waals surface area contributed by atoms with Crippen molar-refractivity contribution in [1.29, 1.82) is 0 Å². The fraction of sp³-hybridized carbons (Fsp3) is 0.111. The van der Waals surface area contributed by atoms with E-state index >= 15 is 0 Å². The second kappa shape index (κ2) is 7.50. The summed E-state index contributed by atoms with van der Waals surface area (Å²) < 4.78 is 32.1. The molecule has 0 atom stereocenters. The molecule has 0 spiro atoms. The third-order valence-corrected chi connectivity index (χ3v) is 3.31. The maximum atomic E-state index is 13.5. The van der Waals surface area contributed by atoms with Gasteiger partial charge in [-0.15, -0.1) is 0 Å². The second-order valence-corrected chi connectivity index (χ2v) is 4.93. The molecule has 0 aromatic heterocycles. The lowest BCUT2D eigenvalue weighted by molar-refractivity contribution is -0.136. The first-order valence-corrected chi connectivity index (χ1v) is 6.97. The van der Waals surface area contributed by atoms with Gasteiger partial charge in [-0.05, 0) is 42.5 Å². The zero-order valence-corrected chi connectivity index (χ0v) is 12.8. The molecule has 0 saturated heterocycles. The summed E-state index contributed by atoms with van der Waals surface area (Å²) in [7, 11) is 1.39. The smallest absolute Gasteiger partial charge is 0.307 e. The summed E-state index contributed by atoms with van der Waals surface area (Å²) in [6.45, 7) is 0. The molecule has 24 heavy (non-hydrogen) atoms. The zero-order valence-electron chi connectivity index (χ0n) is 12.8. The van der Waals surface area contributed by atoms with Crippen LogP contribution in [0.15, 0.2) is 42.5 Å². The molecule has 0 radical (unpaired) electrons. The normalized spacial score (nSPS) is 10.8. The van der Waals surface area contributed by atoms with Crippen molar-refractivity contribution in [2.24, 2.45) is 0 Å². The van der Waals surface area contributed by atoms with Crippen LogP contribution in [0.4, 0.5) is 8.78 Å². The van der Waals surface area contributed by atoms with Crippen LogP contribution >= 0.6 is 0 Å². The number of carboxylic acids is 1. The van der Waals surface area contributed by atoms with Crippen LogP contribution in [0.3, 0.4) is 0 Å². The molecule has 0 aliphatic carbocycles. The summed E-state index contributed by atoms with van der Waals surface area (Å²) in [4.78, 5) is 23.0. The predicted octanol–water partition coefficient (Wildman–Crippen LogP) is 3.50. The SMILES string of the molecule is COc1ccc(C(=O)C=Cc2c(F)cccc2F)cc1CC(=O)O. The summed E-state index contributed by atoms with van der Waals surface area (Å²) >= 11 is 0. The van der Waals surface area contributed by atoms with Crippen molar-refractivity contribution < 1.29 is 28.2 Å². The molecular weight excluding hydrogens is 318 g/mol. The summed E-state index contributed by atoms with van der Waals surface area (Å²) in [6, 6.07) is 7.72. The molecule has 0 amide bonds. The van der Waals surface area contributed by atoms with Crippen LogP contribution in [0, 0.1) is 11.6 Å². The van der Waals surface area contributed by atoms with Gasteiger partial charge in [0.1, 0.15) is 17.4 Å². The van der Waals surface area contributed by atoms with Crippen LogP contribution in [-0.2, 0) is 11.2 Å². The van der Waals surface area contributed by atoms with Crippen LogP contribution in [0.5, 0.6) is 5.75 Å². The molecule has 0 unspecified atom stereocenters. The first kappa shape index (κ1) is 17.3. The molecule has 2 aromatic carbocycles. The number of carbonyl (C=O) groups is 2. The first-order chi connectivity index (χ1) is 11.4. The molecule has 2 rings (SSSR count). The lowest BCUT2D eigenvalue weighted by Gasteiger charge is -2.08. The standard InChI is InChI=1S/C18H14F2O4/c1-24-17-8-5-11(9-12(17)10-18(22)23)16(21)7-6-13-14(19)3-2-4-15(13)20/h2-9H,10H2,1H3,(H,22,23). The van der Waals surface area contributed by atoms with E-state index in [-0.39, 0.29) is 17.5 Å². The Bertz CT molecular complexity index is 792. The van der Waals surface area contributed by atoms with Crippen LogP contribution in [0.2, 0.25) is 0 Å². The molecule has 2 aromatic rings. The number of hydrogen-bond donors (Lipinski definition) is 1. The van der Waals surface area contributed by atoms with Gasteiger partial charge >= 0.3 is 5.97 Å². The fourth-order valence-corrected chi connectivity index (χ4v) is 2.16. The minimum absolute atomic E-state index is 0.194. The second-order valence-electron chi connectivity index (χ2n) is 4.93. The lowest BCUT2D eigenvalue weighted by atomic mass is 10.0. The van der Waals surface area contributed by atoms with Gasteiger partial charge in [0.2, 0.25) is 0 Å². The molecule has 124 valence electrons. The zero-order chi connectivity index (χ0) is 17.7. The molecule has 0 saturated carbocycles. The summed E-state index contributed by atoms with van der Waals surface area (Å²) in [5.74, 6) is -2.78. The van der Waals surface area contributed by atoms with Gasteiger partial charge in [0.15, 0.2) is 5.78 Å². The molecular formula is C18H14F2O4. The Morgan fingerprint density at radius 1 is 1.17 bits per heavy atom. The third-order valence-electron chi connectivity index (χ3n) is 3.31. The highest BCUT2D eigenvalue weighted by Crippen LogP contribution is 2.21. The molecule has 6 heteroatoms. The van der Waals surface area contributed by atoms with Crippen molar-refractivity contribution in [2.75, 3.05) is 7.11 Å². The highest BCUT2D eigenvalue weighted by atomic mass is 19.1. The predicted molar refractivity (Wildman–Crippen MR) is 84.1 cm³/mol. The van der Waals surface area contributed by atoms with Crippen LogP contribution in [0.25, 0.3) is 6.08 Å². The number of hydrogen-bond acceptors (Lipinski definition) is 3. The molecule has 0 aliphatic rings. The number of aliphatic carboxylic acids is 1. The van der Waals surface area contributed by atoms with Crippen LogP contribution in [-0.4, -0.2) is 24.0 Å². The molecule has 1 N–H and O–H groups in total. The number of halogens is 2.